The molecule has 0 unspecified atom stereocenters. The lowest BCUT2D eigenvalue weighted by molar-refractivity contribution is -0.385. The molecule has 0 N–H and O–H groups in total. The lowest BCUT2D eigenvalue weighted by Crippen LogP contribution is -2.06. The Morgan fingerprint density at radius 1 is 1.24 bits per heavy atom. The molecule has 1 aromatic heterocycles. The molecule has 0 radical (unpaired) electrons. The van der Waals surface area contributed by atoms with Crippen molar-refractivity contribution in [2.75, 3.05) is 0 Å². The number of ether oxygens (including phenoxy) is 1. The lowest BCUT2D eigenvalue weighted by atomic mass is 10.2. The minimum atomic E-state index is -4.68. The normalized spacial score (nSPS) is 11.2. The van der Waals surface area contributed by atoms with E-state index in [9.17, 15) is 23.3 Å². The molecule has 21 heavy (non-hydrogen) atoms. The second kappa shape index (κ2) is 5.57. The van der Waals surface area contributed by atoms with E-state index in [0.717, 1.165) is 6.07 Å². The average Bonchev–Trinajstić information content (AvgIpc) is 2.40. The number of nitro groups is 1. The zero-order valence-corrected chi connectivity index (χ0v) is 10.9. The molecule has 1 aromatic carbocycles. The smallest absolute Gasteiger partial charge is 0.416 e. The molecule has 0 bridgehead atoms. The summed E-state index contributed by atoms with van der Waals surface area (Å²) in [6.07, 6.45) is -3.44. The van der Waals surface area contributed by atoms with Gasteiger partial charge in [-0.25, -0.2) is 4.98 Å². The number of nitro benzene ring substituents is 1. The van der Waals surface area contributed by atoms with Crippen LogP contribution in [0.1, 0.15) is 5.56 Å². The third-order valence-electron chi connectivity index (χ3n) is 2.40. The molecule has 0 aliphatic heterocycles. The summed E-state index contributed by atoms with van der Waals surface area (Å²) < 4.78 is 42.7. The van der Waals surface area contributed by atoms with E-state index in [1.807, 2.05) is 0 Å². The molecule has 2 aromatic rings. The highest BCUT2D eigenvalue weighted by molar-refractivity contribution is 6.30. The predicted molar refractivity (Wildman–Crippen MR) is 67.4 cm³/mol. The number of alkyl halides is 3. The summed E-state index contributed by atoms with van der Waals surface area (Å²) >= 11 is 5.62. The van der Waals surface area contributed by atoms with Crippen molar-refractivity contribution in [1.29, 1.82) is 0 Å². The van der Waals surface area contributed by atoms with Crippen LogP contribution in [0.2, 0.25) is 5.02 Å². The Bertz CT molecular complexity index is 674. The van der Waals surface area contributed by atoms with E-state index in [0.29, 0.717) is 17.2 Å². The van der Waals surface area contributed by atoms with Crippen molar-refractivity contribution in [1.82, 2.24) is 4.98 Å². The van der Waals surface area contributed by atoms with Gasteiger partial charge < -0.3 is 4.74 Å². The van der Waals surface area contributed by atoms with Crippen LogP contribution >= 0.6 is 11.6 Å². The summed E-state index contributed by atoms with van der Waals surface area (Å²) in [4.78, 5) is 13.7. The van der Waals surface area contributed by atoms with Crippen molar-refractivity contribution in [3.05, 3.63) is 57.2 Å². The monoisotopic (exact) mass is 318 g/mol. The van der Waals surface area contributed by atoms with E-state index in [1.165, 1.54) is 18.3 Å². The van der Waals surface area contributed by atoms with Gasteiger partial charge in [-0.1, -0.05) is 11.6 Å². The number of nitrogens with zero attached hydrogens (tertiary/aromatic N) is 2. The number of hydrogen-bond acceptors (Lipinski definition) is 4. The minimum absolute atomic E-state index is 0.0257. The van der Waals surface area contributed by atoms with Crippen molar-refractivity contribution in [2.45, 2.75) is 6.18 Å². The topological polar surface area (TPSA) is 65.3 Å². The maximum Gasteiger partial charge on any atom is 0.416 e. The van der Waals surface area contributed by atoms with Gasteiger partial charge in [0.25, 0.3) is 0 Å². The standard InChI is InChI=1S/C12H6ClF3N2O3/c13-8-2-4-11(17-6-8)21-10-3-1-7(12(14,15)16)5-9(10)18(19)20/h1-6H. The molecule has 110 valence electrons. The summed E-state index contributed by atoms with van der Waals surface area (Å²) in [7, 11) is 0. The fourth-order valence-corrected chi connectivity index (χ4v) is 1.57. The fourth-order valence-electron chi connectivity index (χ4n) is 1.46. The van der Waals surface area contributed by atoms with Crippen LogP contribution in [-0.4, -0.2) is 9.91 Å². The summed E-state index contributed by atoms with van der Waals surface area (Å²) in [5.74, 6) is -0.370. The molecule has 0 aliphatic rings. The van der Waals surface area contributed by atoms with Crippen molar-refractivity contribution in [2.24, 2.45) is 0 Å². The Labute approximate surface area is 121 Å². The molecule has 0 amide bonds. The second-order valence-electron chi connectivity index (χ2n) is 3.85. The molecule has 0 saturated heterocycles. The van der Waals surface area contributed by atoms with E-state index in [1.54, 1.807) is 0 Å². The molecule has 9 heteroatoms. The first-order valence-corrected chi connectivity index (χ1v) is 5.80. The van der Waals surface area contributed by atoms with Crippen LogP contribution in [0.4, 0.5) is 18.9 Å². The Kier molecular flexibility index (Phi) is 3.99. The van der Waals surface area contributed by atoms with Gasteiger partial charge in [-0.2, -0.15) is 13.2 Å². The summed E-state index contributed by atoms with van der Waals surface area (Å²) in [5.41, 5.74) is -1.94. The van der Waals surface area contributed by atoms with Gasteiger partial charge in [-0.3, -0.25) is 10.1 Å². The molecule has 0 atom stereocenters. The number of benzene rings is 1. The lowest BCUT2D eigenvalue weighted by Gasteiger charge is -2.09. The molecule has 2 rings (SSSR count). The summed E-state index contributed by atoms with van der Waals surface area (Å²) in [6, 6.07) is 4.74. The molecule has 0 spiro atoms. The molecule has 5 nitrogen and oxygen atoms in total. The number of pyridine rings is 1. The van der Waals surface area contributed by atoms with Crippen LogP contribution in [0.3, 0.4) is 0 Å². The van der Waals surface area contributed by atoms with Gasteiger partial charge in [0.15, 0.2) is 0 Å². The van der Waals surface area contributed by atoms with Crippen LogP contribution in [0.5, 0.6) is 11.6 Å². The van der Waals surface area contributed by atoms with Gasteiger partial charge in [0.05, 0.1) is 15.5 Å². The van der Waals surface area contributed by atoms with Crippen LogP contribution in [-0.2, 0) is 6.18 Å². The average molecular weight is 319 g/mol. The van der Waals surface area contributed by atoms with E-state index >= 15 is 0 Å². The highest BCUT2D eigenvalue weighted by Crippen LogP contribution is 2.37. The molecule has 0 fully saturated rings. The molecular weight excluding hydrogens is 313 g/mol. The zero-order valence-electron chi connectivity index (χ0n) is 10.1. The first kappa shape index (κ1) is 15.0. The Hall–Kier alpha value is -2.35. The van der Waals surface area contributed by atoms with Crippen molar-refractivity contribution in [3.8, 4) is 11.6 Å². The number of aromatic nitrogens is 1. The van der Waals surface area contributed by atoms with Crippen LogP contribution in [0, 0.1) is 10.1 Å². The zero-order chi connectivity index (χ0) is 15.6. The number of hydrogen-bond donors (Lipinski definition) is 0. The van der Waals surface area contributed by atoms with Crippen LogP contribution in [0.15, 0.2) is 36.5 Å². The summed E-state index contributed by atoms with van der Waals surface area (Å²) in [6.45, 7) is 0. The van der Waals surface area contributed by atoms with Gasteiger partial charge in [-0.15, -0.1) is 0 Å². The maximum absolute atomic E-state index is 12.5. The third kappa shape index (κ3) is 3.60. The van der Waals surface area contributed by atoms with E-state index in [2.05, 4.69) is 4.98 Å². The maximum atomic E-state index is 12.5. The van der Waals surface area contributed by atoms with Crippen molar-refractivity contribution < 1.29 is 22.8 Å². The third-order valence-corrected chi connectivity index (χ3v) is 2.62. The van der Waals surface area contributed by atoms with Crippen LogP contribution < -0.4 is 4.74 Å². The number of halogens is 4. The van der Waals surface area contributed by atoms with E-state index < -0.39 is 22.4 Å². The quantitative estimate of drug-likeness (QED) is 0.619. The Morgan fingerprint density at radius 3 is 2.48 bits per heavy atom. The fraction of sp³-hybridized carbons (Fsp3) is 0.0833. The molecule has 1 heterocycles. The van der Waals surface area contributed by atoms with Crippen molar-refractivity contribution in [3.63, 3.8) is 0 Å². The minimum Gasteiger partial charge on any atom is -0.432 e. The second-order valence-corrected chi connectivity index (χ2v) is 4.29. The highest BCUT2D eigenvalue weighted by atomic mass is 35.5. The molecular formula is C12H6ClF3N2O3. The van der Waals surface area contributed by atoms with Crippen LogP contribution in [0.25, 0.3) is 0 Å². The van der Waals surface area contributed by atoms with Crippen molar-refractivity contribution >= 4 is 17.3 Å². The van der Waals surface area contributed by atoms with Gasteiger partial charge >= 0.3 is 11.9 Å². The van der Waals surface area contributed by atoms with Gasteiger partial charge in [0.2, 0.25) is 11.6 Å². The first-order valence-electron chi connectivity index (χ1n) is 5.42. The molecule has 0 saturated carbocycles. The van der Waals surface area contributed by atoms with E-state index in [4.69, 9.17) is 16.3 Å². The number of rotatable bonds is 3. The Morgan fingerprint density at radius 2 is 1.95 bits per heavy atom. The van der Waals surface area contributed by atoms with Gasteiger partial charge in [-0.05, 0) is 18.2 Å². The highest BCUT2D eigenvalue weighted by Gasteiger charge is 2.33. The summed E-state index contributed by atoms with van der Waals surface area (Å²) in [5, 5.41) is 11.2. The first-order chi connectivity index (χ1) is 9.77. The van der Waals surface area contributed by atoms with Gasteiger partial charge in [0, 0.05) is 18.3 Å². The SMILES string of the molecule is O=[N+]([O-])c1cc(C(F)(F)F)ccc1Oc1ccc(Cl)cn1. The van der Waals surface area contributed by atoms with Gasteiger partial charge in [0.1, 0.15) is 0 Å². The Balaban J connectivity index is 2.39. The molecule has 0 aliphatic carbocycles. The van der Waals surface area contributed by atoms with E-state index in [-0.39, 0.29) is 11.6 Å². The largest absolute Gasteiger partial charge is 0.432 e. The predicted octanol–water partition coefficient (Wildman–Crippen LogP) is 4.45.